The number of aromatic nitrogens is 2. The van der Waals surface area contributed by atoms with Crippen LogP contribution in [0.25, 0.3) is 0 Å². The van der Waals surface area contributed by atoms with Gasteiger partial charge >= 0.3 is 0 Å². The highest BCUT2D eigenvalue weighted by Gasteiger charge is 2.18. The van der Waals surface area contributed by atoms with Gasteiger partial charge in [0.25, 0.3) is 0 Å². The van der Waals surface area contributed by atoms with E-state index in [-0.39, 0.29) is 0 Å². The molecule has 0 atom stereocenters. The fraction of sp³-hybridized carbons (Fsp3) is 0.667. The van der Waals surface area contributed by atoms with Gasteiger partial charge in [-0.1, -0.05) is 26.7 Å². The van der Waals surface area contributed by atoms with Crippen molar-refractivity contribution in [3.05, 3.63) is 17.5 Å². The summed E-state index contributed by atoms with van der Waals surface area (Å²) in [6, 6.07) is 2.23. The molecule has 0 saturated heterocycles. The summed E-state index contributed by atoms with van der Waals surface area (Å²) >= 11 is 0. The van der Waals surface area contributed by atoms with Crippen LogP contribution in [-0.2, 0) is 7.05 Å². The summed E-state index contributed by atoms with van der Waals surface area (Å²) in [5.41, 5.74) is 1.85. The van der Waals surface area contributed by atoms with E-state index in [1.54, 1.807) is 6.20 Å². The molecular weight excluding hydrogens is 186 g/mol. The second-order valence-electron chi connectivity index (χ2n) is 3.95. The fourth-order valence-corrected chi connectivity index (χ4v) is 2.13. The van der Waals surface area contributed by atoms with Crippen LogP contribution in [0, 0.1) is 11.3 Å². The van der Waals surface area contributed by atoms with Crippen molar-refractivity contribution in [3.63, 3.8) is 0 Å². The maximum atomic E-state index is 9.01. The van der Waals surface area contributed by atoms with Gasteiger partial charge in [-0.25, -0.2) is 0 Å². The molecule has 1 heterocycles. The third-order valence-electron chi connectivity index (χ3n) is 2.77. The van der Waals surface area contributed by atoms with E-state index in [4.69, 9.17) is 5.26 Å². The summed E-state index contributed by atoms with van der Waals surface area (Å²) in [5.74, 6) is 0.488. The van der Waals surface area contributed by atoms with Gasteiger partial charge < -0.3 is 0 Å². The average molecular weight is 205 g/mol. The number of rotatable bonds is 5. The van der Waals surface area contributed by atoms with Crippen LogP contribution in [0.3, 0.4) is 0 Å². The standard InChI is InChI=1S/C12H19N3/c1-4-6-10(7-5-2)12-11(8-13)9-14-15(12)3/h9-10H,4-7H2,1-3H3. The number of hydrogen-bond donors (Lipinski definition) is 0. The van der Waals surface area contributed by atoms with Crippen LogP contribution in [-0.4, -0.2) is 9.78 Å². The van der Waals surface area contributed by atoms with Crippen LogP contribution in [0.4, 0.5) is 0 Å². The van der Waals surface area contributed by atoms with E-state index in [1.807, 2.05) is 11.7 Å². The van der Waals surface area contributed by atoms with Gasteiger partial charge in [-0.05, 0) is 12.8 Å². The van der Waals surface area contributed by atoms with E-state index in [1.165, 1.54) is 0 Å². The number of hydrogen-bond acceptors (Lipinski definition) is 2. The van der Waals surface area contributed by atoms with E-state index in [0.29, 0.717) is 5.92 Å². The molecule has 15 heavy (non-hydrogen) atoms. The summed E-state index contributed by atoms with van der Waals surface area (Å²) in [4.78, 5) is 0. The molecule has 0 radical (unpaired) electrons. The lowest BCUT2D eigenvalue weighted by molar-refractivity contribution is 0.518. The Kier molecular flexibility index (Phi) is 4.36. The second kappa shape index (κ2) is 5.55. The molecule has 0 aliphatic carbocycles. The van der Waals surface area contributed by atoms with Crippen LogP contribution < -0.4 is 0 Å². The van der Waals surface area contributed by atoms with Gasteiger partial charge in [-0.2, -0.15) is 10.4 Å². The number of nitrogens with zero attached hydrogens (tertiary/aromatic N) is 3. The van der Waals surface area contributed by atoms with Crippen LogP contribution in [0.1, 0.15) is 56.7 Å². The van der Waals surface area contributed by atoms with Gasteiger partial charge in [0.05, 0.1) is 17.5 Å². The molecule has 0 saturated carbocycles. The maximum Gasteiger partial charge on any atom is 0.103 e. The minimum Gasteiger partial charge on any atom is -0.271 e. The van der Waals surface area contributed by atoms with Crippen LogP contribution in [0.5, 0.6) is 0 Å². The lowest BCUT2D eigenvalue weighted by Crippen LogP contribution is -2.07. The van der Waals surface area contributed by atoms with E-state index in [9.17, 15) is 0 Å². The summed E-state index contributed by atoms with van der Waals surface area (Å²) in [7, 11) is 1.93. The fourth-order valence-electron chi connectivity index (χ4n) is 2.13. The number of nitriles is 1. The maximum absolute atomic E-state index is 9.01. The first kappa shape index (κ1) is 11.8. The Bertz CT molecular complexity index is 340. The Morgan fingerprint density at radius 3 is 2.47 bits per heavy atom. The predicted molar refractivity (Wildman–Crippen MR) is 60.5 cm³/mol. The minimum absolute atomic E-state index is 0.488. The molecule has 0 N–H and O–H groups in total. The van der Waals surface area contributed by atoms with Gasteiger partial charge in [0.1, 0.15) is 6.07 Å². The molecule has 1 aromatic heterocycles. The Morgan fingerprint density at radius 2 is 2.00 bits per heavy atom. The highest BCUT2D eigenvalue weighted by atomic mass is 15.3. The molecule has 0 bridgehead atoms. The van der Waals surface area contributed by atoms with Crippen LogP contribution >= 0.6 is 0 Å². The summed E-state index contributed by atoms with van der Waals surface area (Å²) < 4.78 is 1.86. The van der Waals surface area contributed by atoms with Gasteiger partial charge in [0.2, 0.25) is 0 Å². The van der Waals surface area contributed by atoms with E-state index in [0.717, 1.165) is 36.9 Å². The van der Waals surface area contributed by atoms with Gasteiger partial charge in [0.15, 0.2) is 0 Å². The predicted octanol–water partition coefficient (Wildman–Crippen LogP) is 2.98. The quantitative estimate of drug-likeness (QED) is 0.741. The molecule has 3 nitrogen and oxygen atoms in total. The van der Waals surface area contributed by atoms with Crippen molar-refractivity contribution in [3.8, 4) is 6.07 Å². The molecule has 0 aromatic carbocycles. The molecule has 82 valence electrons. The average Bonchev–Trinajstić information content (AvgIpc) is 2.59. The monoisotopic (exact) mass is 205 g/mol. The molecule has 3 heteroatoms. The van der Waals surface area contributed by atoms with Crippen molar-refractivity contribution in [2.75, 3.05) is 0 Å². The zero-order chi connectivity index (χ0) is 11.3. The normalized spacial score (nSPS) is 10.6. The largest absolute Gasteiger partial charge is 0.271 e. The van der Waals surface area contributed by atoms with Crippen molar-refractivity contribution >= 4 is 0 Å². The van der Waals surface area contributed by atoms with Gasteiger partial charge in [-0.3, -0.25) is 4.68 Å². The topological polar surface area (TPSA) is 41.6 Å². The minimum atomic E-state index is 0.488. The molecular formula is C12H19N3. The van der Waals surface area contributed by atoms with Gasteiger partial charge in [0, 0.05) is 13.0 Å². The first-order chi connectivity index (χ1) is 7.24. The Hall–Kier alpha value is -1.30. The van der Waals surface area contributed by atoms with E-state index in [2.05, 4.69) is 25.0 Å². The highest BCUT2D eigenvalue weighted by molar-refractivity contribution is 5.33. The van der Waals surface area contributed by atoms with Crippen LogP contribution in [0.2, 0.25) is 0 Å². The van der Waals surface area contributed by atoms with Gasteiger partial charge in [-0.15, -0.1) is 0 Å². The van der Waals surface area contributed by atoms with Crippen molar-refractivity contribution < 1.29 is 0 Å². The molecule has 1 aromatic rings. The lowest BCUT2D eigenvalue weighted by Gasteiger charge is -2.16. The highest BCUT2D eigenvalue weighted by Crippen LogP contribution is 2.28. The third-order valence-corrected chi connectivity index (χ3v) is 2.77. The van der Waals surface area contributed by atoms with Crippen molar-refractivity contribution in [2.24, 2.45) is 7.05 Å². The first-order valence-electron chi connectivity index (χ1n) is 5.66. The molecule has 0 aliphatic heterocycles. The molecule has 0 unspecified atom stereocenters. The smallest absolute Gasteiger partial charge is 0.103 e. The molecule has 0 aliphatic rings. The van der Waals surface area contributed by atoms with Crippen molar-refractivity contribution in [2.45, 2.75) is 45.4 Å². The van der Waals surface area contributed by atoms with Crippen molar-refractivity contribution in [1.29, 1.82) is 5.26 Å². The SMILES string of the molecule is CCCC(CCC)c1c(C#N)cnn1C. The molecule has 0 amide bonds. The zero-order valence-corrected chi connectivity index (χ0v) is 9.82. The molecule has 0 fully saturated rings. The summed E-state index contributed by atoms with van der Waals surface area (Å²) in [6.07, 6.45) is 6.26. The number of aryl methyl sites for hydroxylation is 1. The van der Waals surface area contributed by atoms with Crippen LogP contribution in [0.15, 0.2) is 6.20 Å². The zero-order valence-electron chi connectivity index (χ0n) is 9.82. The Labute approximate surface area is 91.7 Å². The first-order valence-corrected chi connectivity index (χ1v) is 5.66. The summed E-state index contributed by atoms with van der Waals surface area (Å²) in [6.45, 7) is 4.37. The Balaban J connectivity index is 2.98. The van der Waals surface area contributed by atoms with E-state index < -0.39 is 0 Å². The molecule has 1 rings (SSSR count). The lowest BCUT2D eigenvalue weighted by atomic mass is 9.92. The summed E-state index contributed by atoms with van der Waals surface area (Å²) in [5, 5.41) is 13.2. The molecule has 0 spiro atoms. The van der Waals surface area contributed by atoms with Crippen molar-refractivity contribution in [1.82, 2.24) is 9.78 Å². The third kappa shape index (κ3) is 2.59. The Morgan fingerprint density at radius 1 is 1.40 bits per heavy atom. The van der Waals surface area contributed by atoms with E-state index >= 15 is 0 Å². The second-order valence-corrected chi connectivity index (χ2v) is 3.95.